The number of nitrogens with two attached hydrogens (primary N) is 1. The Labute approximate surface area is 196 Å². The number of imidazole rings is 1. The summed E-state index contributed by atoms with van der Waals surface area (Å²) in [5, 5.41) is 23.9. The molecule has 0 aliphatic rings. The van der Waals surface area contributed by atoms with Crippen LogP contribution in [0.25, 0.3) is 21.9 Å². The summed E-state index contributed by atoms with van der Waals surface area (Å²) in [5.74, 6) is 0.993. The van der Waals surface area contributed by atoms with Gasteiger partial charge in [-0.2, -0.15) is 0 Å². The van der Waals surface area contributed by atoms with Crippen molar-refractivity contribution in [2.45, 2.75) is 39.3 Å². The molecule has 0 saturated carbocycles. The number of carbonyl (C=O) groups excluding carboxylic acids is 1. The summed E-state index contributed by atoms with van der Waals surface area (Å²) in [4.78, 5) is 20.9. The number of amides is 1. The van der Waals surface area contributed by atoms with Crippen LogP contribution in [-0.4, -0.2) is 36.5 Å². The van der Waals surface area contributed by atoms with Crippen molar-refractivity contribution in [1.82, 2.24) is 19.9 Å². The molecule has 5 N–H and O–H groups in total. The van der Waals surface area contributed by atoms with Crippen LogP contribution in [0.2, 0.25) is 0 Å². The van der Waals surface area contributed by atoms with Crippen molar-refractivity contribution in [1.29, 1.82) is 0 Å². The smallest absolute Gasteiger partial charge is 0.235 e. The lowest BCUT2D eigenvalue weighted by molar-refractivity contribution is -0.118. The maximum Gasteiger partial charge on any atom is 0.235 e. The molecule has 0 atom stereocenters. The number of phenolic OH excluding ortho intramolecular Hbond substituents is 2. The summed E-state index contributed by atoms with van der Waals surface area (Å²) in [6, 6.07) is 10.2. The number of phenols is 2. The Morgan fingerprint density at radius 3 is 2.76 bits per heavy atom. The van der Waals surface area contributed by atoms with Crippen molar-refractivity contribution in [3.05, 3.63) is 53.3 Å². The number of fused-ring (bicyclic) bond motifs is 3. The second-order valence-electron chi connectivity index (χ2n) is 7.99. The topological polar surface area (TPSA) is 126 Å². The predicted molar refractivity (Wildman–Crippen MR) is 129 cm³/mol. The summed E-state index contributed by atoms with van der Waals surface area (Å²) in [6.45, 7) is 2.77. The lowest BCUT2D eigenvalue weighted by Crippen LogP contribution is -2.23. The second kappa shape index (κ2) is 9.54. The molecule has 33 heavy (non-hydrogen) atoms. The van der Waals surface area contributed by atoms with Crippen LogP contribution >= 0.6 is 11.6 Å². The van der Waals surface area contributed by atoms with Crippen molar-refractivity contribution in [3.8, 4) is 11.5 Å². The van der Waals surface area contributed by atoms with Crippen LogP contribution in [0, 0.1) is 0 Å². The van der Waals surface area contributed by atoms with Crippen LogP contribution in [-0.2, 0) is 24.3 Å². The summed E-state index contributed by atoms with van der Waals surface area (Å²) in [5.41, 5.74) is 9.87. The van der Waals surface area contributed by atoms with E-state index >= 15 is 0 Å². The quantitative estimate of drug-likeness (QED) is 0.230. The zero-order chi connectivity index (χ0) is 23.5. The molecular formula is C24H26ClN5O3. The number of pyridine rings is 1. The van der Waals surface area contributed by atoms with Crippen LogP contribution < -0.4 is 11.1 Å². The molecule has 0 aliphatic carbocycles. The number of rotatable bonds is 8. The Morgan fingerprint density at radius 1 is 1.18 bits per heavy atom. The number of aromatic nitrogens is 3. The van der Waals surface area contributed by atoms with E-state index in [2.05, 4.69) is 17.2 Å². The Bertz CT molecular complexity index is 1340. The van der Waals surface area contributed by atoms with Gasteiger partial charge in [0.1, 0.15) is 28.7 Å². The third kappa shape index (κ3) is 4.66. The number of nitrogen functional groups attached to an aromatic ring is 1. The summed E-state index contributed by atoms with van der Waals surface area (Å²) in [6.07, 6.45) is 2.70. The van der Waals surface area contributed by atoms with E-state index in [0.717, 1.165) is 41.6 Å². The average molecular weight is 468 g/mol. The monoisotopic (exact) mass is 467 g/mol. The van der Waals surface area contributed by atoms with E-state index in [1.807, 2.05) is 22.8 Å². The highest BCUT2D eigenvalue weighted by Gasteiger charge is 2.19. The highest BCUT2D eigenvalue weighted by Crippen LogP contribution is 2.32. The van der Waals surface area contributed by atoms with E-state index in [-0.39, 0.29) is 23.3 Å². The molecule has 0 saturated heterocycles. The van der Waals surface area contributed by atoms with Crippen LogP contribution in [0.15, 0.2) is 36.4 Å². The van der Waals surface area contributed by atoms with E-state index in [1.165, 1.54) is 12.1 Å². The van der Waals surface area contributed by atoms with Gasteiger partial charge in [-0.1, -0.05) is 25.5 Å². The lowest BCUT2D eigenvalue weighted by atomic mass is 10.1. The molecule has 0 unspecified atom stereocenters. The van der Waals surface area contributed by atoms with Gasteiger partial charge in [0.05, 0.1) is 17.6 Å². The molecule has 0 spiro atoms. The Hall–Kier alpha value is -3.52. The van der Waals surface area contributed by atoms with Crippen molar-refractivity contribution in [3.63, 3.8) is 0 Å². The number of aromatic hydroxyl groups is 2. The molecule has 2 aromatic heterocycles. The van der Waals surface area contributed by atoms with E-state index in [9.17, 15) is 15.0 Å². The van der Waals surface area contributed by atoms with Crippen LogP contribution in [0.5, 0.6) is 11.5 Å². The molecule has 8 nitrogen and oxygen atoms in total. The van der Waals surface area contributed by atoms with Crippen molar-refractivity contribution >= 4 is 45.3 Å². The normalized spacial score (nSPS) is 11.3. The van der Waals surface area contributed by atoms with Crippen LogP contribution in [0.1, 0.15) is 36.7 Å². The van der Waals surface area contributed by atoms with Gasteiger partial charge in [-0.15, -0.1) is 11.6 Å². The summed E-state index contributed by atoms with van der Waals surface area (Å²) >= 11 is 5.56. The third-order valence-corrected chi connectivity index (χ3v) is 5.85. The Kier molecular flexibility index (Phi) is 6.55. The second-order valence-corrected chi connectivity index (χ2v) is 8.25. The fraction of sp³-hybridized carbons (Fsp3) is 0.292. The van der Waals surface area contributed by atoms with Gasteiger partial charge >= 0.3 is 0 Å². The summed E-state index contributed by atoms with van der Waals surface area (Å²) < 4.78 is 2.04. The van der Waals surface area contributed by atoms with Gasteiger partial charge in [-0.3, -0.25) is 4.79 Å². The molecule has 9 heteroatoms. The highest BCUT2D eigenvalue weighted by atomic mass is 35.5. The lowest BCUT2D eigenvalue weighted by Gasteiger charge is -2.13. The van der Waals surface area contributed by atoms with E-state index in [1.54, 1.807) is 6.07 Å². The Morgan fingerprint density at radius 2 is 2.00 bits per heavy atom. The Balaban J connectivity index is 1.87. The molecule has 1 amide bonds. The fourth-order valence-corrected chi connectivity index (χ4v) is 4.02. The third-order valence-electron chi connectivity index (χ3n) is 5.60. The zero-order valence-corrected chi connectivity index (χ0v) is 19.1. The first-order valence-corrected chi connectivity index (χ1v) is 11.4. The average Bonchev–Trinajstić information content (AvgIpc) is 3.17. The number of alkyl halides is 1. The zero-order valence-electron chi connectivity index (χ0n) is 18.3. The van der Waals surface area contributed by atoms with Crippen molar-refractivity contribution in [2.24, 2.45) is 0 Å². The molecule has 0 aliphatic heterocycles. The van der Waals surface area contributed by atoms with Crippen LogP contribution in [0.4, 0.5) is 5.82 Å². The SMILES string of the molecule is CCCCc1nc2c(N)nc3cc(CNC(=O)CCl)ccc3c2n1Cc1cc(O)ccc1O. The molecule has 0 fully saturated rings. The van der Waals surface area contributed by atoms with Crippen molar-refractivity contribution < 1.29 is 15.0 Å². The highest BCUT2D eigenvalue weighted by molar-refractivity contribution is 6.27. The number of nitrogens with zero attached hydrogens (tertiary/aromatic N) is 3. The minimum absolute atomic E-state index is 0.0806. The number of nitrogens with one attached hydrogen (secondary N) is 1. The van der Waals surface area contributed by atoms with E-state index in [4.69, 9.17) is 22.3 Å². The number of benzene rings is 2. The largest absolute Gasteiger partial charge is 0.508 e. The van der Waals surface area contributed by atoms with Gasteiger partial charge in [0, 0.05) is 23.9 Å². The number of anilines is 1. The molecule has 4 aromatic rings. The van der Waals surface area contributed by atoms with Gasteiger partial charge in [-0.25, -0.2) is 9.97 Å². The molecule has 4 rings (SSSR count). The van der Waals surface area contributed by atoms with Gasteiger partial charge in [0.25, 0.3) is 0 Å². The minimum Gasteiger partial charge on any atom is -0.508 e. The maximum atomic E-state index is 11.5. The standard InChI is InChI=1S/C24H26ClN5O3/c1-2-3-4-20-29-22-23(30(20)13-15-10-16(31)6-8-19(15)32)17-7-5-14(12-27-21(33)11-25)9-18(17)28-24(22)26/h5-10,31-32H,2-4,11-13H2,1H3,(H2,26,28)(H,27,33). The fourth-order valence-electron chi connectivity index (χ4n) is 3.93. The molecular weight excluding hydrogens is 442 g/mol. The minimum atomic E-state index is -0.246. The molecule has 0 radical (unpaired) electrons. The molecule has 2 heterocycles. The summed E-state index contributed by atoms with van der Waals surface area (Å²) in [7, 11) is 0. The van der Waals surface area contributed by atoms with Crippen molar-refractivity contribution in [2.75, 3.05) is 11.6 Å². The van der Waals surface area contributed by atoms with Gasteiger partial charge in [0.2, 0.25) is 5.91 Å². The first kappa shape index (κ1) is 22.7. The number of carbonyl (C=O) groups is 1. The number of hydrogen-bond acceptors (Lipinski definition) is 6. The number of hydrogen-bond donors (Lipinski definition) is 4. The van der Waals surface area contributed by atoms with E-state index in [0.29, 0.717) is 35.5 Å². The van der Waals surface area contributed by atoms with Gasteiger partial charge in [-0.05, 0) is 36.2 Å². The molecule has 2 aromatic carbocycles. The molecule has 172 valence electrons. The first-order chi connectivity index (χ1) is 15.9. The number of unbranched alkanes of at least 4 members (excludes halogenated alkanes) is 1. The molecule has 0 bridgehead atoms. The predicted octanol–water partition coefficient (Wildman–Crippen LogP) is 3.82. The van der Waals surface area contributed by atoms with E-state index < -0.39 is 0 Å². The van der Waals surface area contributed by atoms with Crippen LogP contribution in [0.3, 0.4) is 0 Å². The van der Waals surface area contributed by atoms with Gasteiger partial charge in [0.15, 0.2) is 5.82 Å². The number of halogens is 1. The maximum absolute atomic E-state index is 11.5. The number of aryl methyl sites for hydroxylation is 1. The first-order valence-electron chi connectivity index (χ1n) is 10.8. The van der Waals surface area contributed by atoms with Gasteiger partial charge < -0.3 is 25.8 Å².